The van der Waals surface area contributed by atoms with Gasteiger partial charge in [0.1, 0.15) is 0 Å². The van der Waals surface area contributed by atoms with E-state index in [1.165, 1.54) is 0 Å². The van der Waals surface area contributed by atoms with Gasteiger partial charge in [0.2, 0.25) is 0 Å². The van der Waals surface area contributed by atoms with Crippen LogP contribution in [0.2, 0.25) is 0 Å². The monoisotopic (exact) mass is 358 g/mol. The molecule has 4 rings (SSSR count). The van der Waals surface area contributed by atoms with Gasteiger partial charge in [-0.15, -0.1) is 5.10 Å². The largest absolute Gasteiger partial charge is 0.352 e. The lowest BCUT2D eigenvalue weighted by Gasteiger charge is -2.08. The molecule has 0 saturated heterocycles. The number of rotatable bonds is 6. The third-order valence-corrected chi connectivity index (χ3v) is 4.27. The summed E-state index contributed by atoms with van der Waals surface area (Å²) in [6.45, 7) is 1.30. The Hall–Kier alpha value is -3.61. The van der Waals surface area contributed by atoms with Gasteiger partial charge in [0.25, 0.3) is 5.91 Å². The molecule has 0 spiro atoms. The maximum Gasteiger partial charge on any atom is 0.251 e. The Morgan fingerprint density at radius 2 is 1.89 bits per heavy atom. The lowest BCUT2D eigenvalue weighted by atomic mass is 10.0. The molecule has 3 heterocycles. The predicted octanol–water partition coefficient (Wildman–Crippen LogP) is 2.71. The van der Waals surface area contributed by atoms with Crippen LogP contribution in [0.25, 0.3) is 22.2 Å². The van der Waals surface area contributed by atoms with Crippen molar-refractivity contribution in [2.24, 2.45) is 0 Å². The highest BCUT2D eigenvalue weighted by molar-refractivity contribution is 5.96. The number of amides is 1. The number of hydrogen-bond acceptors (Lipinski definition) is 5. The minimum atomic E-state index is -0.0901. The lowest BCUT2D eigenvalue weighted by Crippen LogP contribution is -2.25. The Bertz CT molecular complexity index is 1040. The van der Waals surface area contributed by atoms with Crippen molar-refractivity contribution < 1.29 is 4.79 Å². The second kappa shape index (κ2) is 7.74. The molecule has 0 unspecified atom stereocenters. The van der Waals surface area contributed by atoms with Crippen LogP contribution in [0, 0.1) is 0 Å². The lowest BCUT2D eigenvalue weighted by molar-refractivity contribution is 0.0952. The van der Waals surface area contributed by atoms with Gasteiger partial charge < -0.3 is 5.32 Å². The van der Waals surface area contributed by atoms with Gasteiger partial charge in [0.05, 0.1) is 17.4 Å². The van der Waals surface area contributed by atoms with Crippen molar-refractivity contribution in [3.63, 3.8) is 0 Å². The molecule has 0 saturated carbocycles. The number of pyridine rings is 2. The van der Waals surface area contributed by atoms with Gasteiger partial charge in [-0.3, -0.25) is 19.4 Å². The molecule has 0 atom stereocenters. The summed E-state index contributed by atoms with van der Waals surface area (Å²) >= 11 is 0. The molecular weight excluding hydrogens is 340 g/mol. The highest BCUT2D eigenvalue weighted by Gasteiger charge is 2.08. The van der Waals surface area contributed by atoms with Crippen LogP contribution in [0.5, 0.6) is 0 Å². The van der Waals surface area contributed by atoms with Gasteiger partial charge in [-0.1, -0.05) is 17.3 Å². The van der Waals surface area contributed by atoms with E-state index in [-0.39, 0.29) is 5.91 Å². The highest BCUT2D eigenvalue weighted by Crippen LogP contribution is 2.25. The third kappa shape index (κ3) is 3.82. The van der Waals surface area contributed by atoms with Gasteiger partial charge in [0, 0.05) is 48.2 Å². The van der Waals surface area contributed by atoms with Gasteiger partial charge in [0.15, 0.2) is 0 Å². The van der Waals surface area contributed by atoms with Crippen molar-refractivity contribution in [3.05, 3.63) is 72.8 Å². The average molecular weight is 358 g/mol. The van der Waals surface area contributed by atoms with Crippen LogP contribution in [0.4, 0.5) is 0 Å². The molecule has 1 aromatic carbocycles. The molecule has 0 aliphatic carbocycles. The maximum atomic E-state index is 12.3. The Morgan fingerprint density at radius 1 is 1.00 bits per heavy atom. The van der Waals surface area contributed by atoms with Gasteiger partial charge >= 0.3 is 0 Å². The maximum absolute atomic E-state index is 12.3. The summed E-state index contributed by atoms with van der Waals surface area (Å²) in [5.74, 6) is -0.0901. The van der Waals surface area contributed by atoms with E-state index in [1.807, 2.05) is 42.5 Å². The van der Waals surface area contributed by atoms with E-state index in [9.17, 15) is 4.79 Å². The van der Waals surface area contributed by atoms with E-state index in [4.69, 9.17) is 0 Å². The van der Waals surface area contributed by atoms with E-state index in [1.54, 1.807) is 29.5 Å². The van der Waals surface area contributed by atoms with E-state index in [2.05, 4.69) is 25.6 Å². The molecule has 0 fully saturated rings. The smallest absolute Gasteiger partial charge is 0.251 e. The van der Waals surface area contributed by atoms with E-state index in [0.29, 0.717) is 12.1 Å². The summed E-state index contributed by atoms with van der Waals surface area (Å²) in [4.78, 5) is 21.1. The summed E-state index contributed by atoms with van der Waals surface area (Å²) in [6.07, 6.45) is 7.75. The molecule has 1 N–H and O–H groups in total. The molecule has 1 amide bonds. The molecular formula is C20H18N6O. The predicted molar refractivity (Wildman–Crippen MR) is 102 cm³/mol. The van der Waals surface area contributed by atoms with Gasteiger partial charge in [-0.2, -0.15) is 0 Å². The number of hydrogen-bond donors (Lipinski definition) is 1. The van der Waals surface area contributed by atoms with Crippen molar-refractivity contribution in [1.29, 1.82) is 0 Å². The van der Waals surface area contributed by atoms with Crippen LogP contribution in [0.15, 0.2) is 67.3 Å². The number of nitrogens with one attached hydrogen (secondary N) is 1. The van der Waals surface area contributed by atoms with Crippen LogP contribution in [0.3, 0.4) is 0 Å². The SMILES string of the molecule is O=C(NCCCn1ccnn1)c1ccc(-c2nccc3ncccc23)cc1. The quantitative estimate of drug-likeness (QED) is 0.536. The third-order valence-electron chi connectivity index (χ3n) is 4.27. The van der Waals surface area contributed by atoms with Crippen LogP contribution in [-0.2, 0) is 6.54 Å². The van der Waals surface area contributed by atoms with E-state index >= 15 is 0 Å². The summed E-state index contributed by atoms with van der Waals surface area (Å²) in [7, 11) is 0. The molecule has 4 aromatic rings. The average Bonchev–Trinajstić information content (AvgIpc) is 3.24. The van der Waals surface area contributed by atoms with Crippen molar-refractivity contribution in [3.8, 4) is 11.3 Å². The normalized spacial score (nSPS) is 10.8. The zero-order valence-corrected chi connectivity index (χ0v) is 14.6. The highest BCUT2D eigenvalue weighted by atomic mass is 16.1. The van der Waals surface area contributed by atoms with Crippen molar-refractivity contribution in [1.82, 2.24) is 30.3 Å². The molecule has 0 bridgehead atoms. The second-order valence-corrected chi connectivity index (χ2v) is 6.08. The van der Waals surface area contributed by atoms with Gasteiger partial charge in [-0.25, -0.2) is 0 Å². The number of aryl methyl sites for hydroxylation is 1. The second-order valence-electron chi connectivity index (χ2n) is 6.08. The minimum Gasteiger partial charge on any atom is -0.352 e. The van der Waals surface area contributed by atoms with E-state index in [0.717, 1.165) is 35.1 Å². The number of carbonyl (C=O) groups is 1. The fourth-order valence-corrected chi connectivity index (χ4v) is 2.91. The first-order valence-corrected chi connectivity index (χ1v) is 8.74. The molecule has 7 heteroatoms. The molecule has 7 nitrogen and oxygen atoms in total. The number of benzene rings is 1. The molecule has 0 radical (unpaired) electrons. The molecule has 3 aromatic heterocycles. The Morgan fingerprint density at radius 3 is 2.70 bits per heavy atom. The van der Waals surface area contributed by atoms with Crippen LogP contribution in [0.1, 0.15) is 16.8 Å². The van der Waals surface area contributed by atoms with Crippen LogP contribution < -0.4 is 5.32 Å². The Kier molecular flexibility index (Phi) is 4.82. The summed E-state index contributed by atoms with van der Waals surface area (Å²) < 4.78 is 1.74. The Labute approximate surface area is 156 Å². The van der Waals surface area contributed by atoms with Crippen LogP contribution >= 0.6 is 0 Å². The van der Waals surface area contributed by atoms with Crippen molar-refractivity contribution in [2.75, 3.05) is 6.54 Å². The molecule has 134 valence electrons. The standard InChI is InChI=1S/C20H18N6O/c27-20(23-10-2-13-26-14-12-24-25-26)16-6-4-15(5-7-16)19-17-3-1-9-21-18(17)8-11-22-19/h1,3-9,11-12,14H,2,10,13H2,(H,23,27). The fraction of sp³-hybridized carbons (Fsp3) is 0.150. The number of nitrogens with zero attached hydrogens (tertiary/aromatic N) is 5. The Balaban J connectivity index is 1.41. The topological polar surface area (TPSA) is 85.6 Å². The zero-order valence-electron chi connectivity index (χ0n) is 14.6. The van der Waals surface area contributed by atoms with E-state index < -0.39 is 0 Å². The van der Waals surface area contributed by atoms with Crippen molar-refractivity contribution >= 4 is 16.8 Å². The van der Waals surface area contributed by atoms with Crippen molar-refractivity contribution in [2.45, 2.75) is 13.0 Å². The number of aromatic nitrogens is 5. The summed E-state index contributed by atoms with van der Waals surface area (Å²) in [6, 6.07) is 13.3. The minimum absolute atomic E-state index is 0.0901. The first-order valence-electron chi connectivity index (χ1n) is 8.74. The van der Waals surface area contributed by atoms with Crippen LogP contribution in [-0.4, -0.2) is 37.4 Å². The number of fused-ring (bicyclic) bond motifs is 1. The molecule has 0 aliphatic rings. The molecule has 0 aliphatic heterocycles. The first-order chi connectivity index (χ1) is 13.3. The molecule has 27 heavy (non-hydrogen) atoms. The number of carbonyl (C=O) groups excluding carboxylic acids is 1. The first kappa shape index (κ1) is 16.8. The summed E-state index contributed by atoms with van der Waals surface area (Å²) in [5, 5.41) is 11.6. The fourth-order valence-electron chi connectivity index (χ4n) is 2.91. The zero-order chi connectivity index (χ0) is 18.5. The summed E-state index contributed by atoms with van der Waals surface area (Å²) in [5.41, 5.74) is 3.34. The van der Waals surface area contributed by atoms with Gasteiger partial charge in [-0.05, 0) is 36.8 Å².